The summed E-state index contributed by atoms with van der Waals surface area (Å²) in [5.74, 6) is 0.446. The van der Waals surface area contributed by atoms with Gasteiger partial charge in [0.1, 0.15) is 0 Å². The Kier molecular flexibility index (Phi) is 2.23. The molecule has 2 nitrogen and oxygen atoms in total. The van der Waals surface area contributed by atoms with Gasteiger partial charge in [-0.3, -0.25) is 0 Å². The smallest absolute Gasteiger partial charge is 0.0956 e. The first-order valence-electron chi connectivity index (χ1n) is 4.70. The van der Waals surface area contributed by atoms with Crippen LogP contribution in [0.25, 0.3) is 11.0 Å². The van der Waals surface area contributed by atoms with Gasteiger partial charge in [-0.15, -0.1) is 0 Å². The van der Waals surface area contributed by atoms with Crippen molar-refractivity contribution < 1.29 is 0 Å². The van der Waals surface area contributed by atoms with E-state index < -0.39 is 0 Å². The molecule has 1 heterocycles. The van der Waals surface area contributed by atoms with Gasteiger partial charge in [0.15, 0.2) is 0 Å². The van der Waals surface area contributed by atoms with E-state index in [-0.39, 0.29) is 0 Å². The molecular weight excluding hydrogens is 196 g/mol. The summed E-state index contributed by atoms with van der Waals surface area (Å²) < 4.78 is 1.96. The lowest BCUT2D eigenvalue weighted by atomic mass is 10.0. The monoisotopic (exact) mass is 208 g/mol. The minimum Gasteiger partial charge on any atom is -0.332 e. The number of aromatic nitrogens is 2. The molecule has 2 rings (SSSR count). The number of fused-ring (bicyclic) bond motifs is 1. The van der Waals surface area contributed by atoms with E-state index in [1.54, 1.807) is 6.33 Å². The lowest BCUT2D eigenvalue weighted by molar-refractivity contribution is 0.865. The molecular formula is C11H13ClN2. The Bertz CT molecular complexity index is 471. The van der Waals surface area contributed by atoms with E-state index in [0.29, 0.717) is 5.92 Å². The highest BCUT2D eigenvalue weighted by Gasteiger charge is 2.11. The first-order chi connectivity index (χ1) is 6.61. The average molecular weight is 209 g/mol. The van der Waals surface area contributed by atoms with Gasteiger partial charge in [0.2, 0.25) is 0 Å². The van der Waals surface area contributed by atoms with Crippen molar-refractivity contribution in [3.8, 4) is 0 Å². The SMILES string of the molecule is CC(C)c1ccc2ncn(C)c2c1Cl. The average Bonchev–Trinajstić information content (AvgIpc) is 2.48. The van der Waals surface area contributed by atoms with Crippen molar-refractivity contribution in [2.45, 2.75) is 19.8 Å². The van der Waals surface area contributed by atoms with E-state index in [0.717, 1.165) is 16.1 Å². The quantitative estimate of drug-likeness (QED) is 0.703. The first-order valence-corrected chi connectivity index (χ1v) is 5.08. The van der Waals surface area contributed by atoms with Crippen LogP contribution in [0.4, 0.5) is 0 Å². The Morgan fingerprint density at radius 3 is 2.71 bits per heavy atom. The van der Waals surface area contributed by atoms with Gasteiger partial charge in [0, 0.05) is 7.05 Å². The lowest BCUT2D eigenvalue weighted by Crippen LogP contribution is -1.92. The molecule has 74 valence electrons. The molecule has 2 aromatic rings. The van der Waals surface area contributed by atoms with Crippen molar-refractivity contribution >= 4 is 22.6 Å². The Labute approximate surface area is 88.5 Å². The summed E-state index contributed by atoms with van der Waals surface area (Å²) in [7, 11) is 1.96. The van der Waals surface area contributed by atoms with Crippen LogP contribution < -0.4 is 0 Å². The number of aryl methyl sites for hydroxylation is 1. The minimum atomic E-state index is 0.446. The van der Waals surface area contributed by atoms with Gasteiger partial charge >= 0.3 is 0 Å². The highest BCUT2D eigenvalue weighted by atomic mass is 35.5. The van der Waals surface area contributed by atoms with Crippen LogP contribution in [0.2, 0.25) is 5.02 Å². The van der Waals surface area contributed by atoms with Crippen molar-refractivity contribution in [3.63, 3.8) is 0 Å². The van der Waals surface area contributed by atoms with Gasteiger partial charge in [-0.25, -0.2) is 4.98 Å². The molecule has 0 aliphatic rings. The summed E-state index contributed by atoms with van der Waals surface area (Å²) in [4.78, 5) is 4.26. The highest BCUT2D eigenvalue weighted by molar-refractivity contribution is 6.35. The Morgan fingerprint density at radius 2 is 2.07 bits per heavy atom. The number of hydrogen-bond acceptors (Lipinski definition) is 1. The molecule has 0 aliphatic heterocycles. The van der Waals surface area contributed by atoms with Gasteiger partial charge < -0.3 is 4.57 Å². The van der Waals surface area contributed by atoms with Crippen LogP contribution in [-0.4, -0.2) is 9.55 Å². The third kappa shape index (κ3) is 1.30. The highest BCUT2D eigenvalue weighted by Crippen LogP contribution is 2.30. The Morgan fingerprint density at radius 1 is 1.36 bits per heavy atom. The third-order valence-electron chi connectivity index (χ3n) is 2.47. The molecule has 0 unspecified atom stereocenters. The fraction of sp³-hybridized carbons (Fsp3) is 0.364. The van der Waals surface area contributed by atoms with E-state index in [1.165, 1.54) is 5.56 Å². The molecule has 3 heteroatoms. The maximum Gasteiger partial charge on any atom is 0.0956 e. The summed E-state index contributed by atoms with van der Waals surface area (Å²) in [5, 5.41) is 0.831. The van der Waals surface area contributed by atoms with Crippen LogP contribution in [0.1, 0.15) is 25.3 Å². The maximum atomic E-state index is 6.32. The molecule has 0 spiro atoms. The fourth-order valence-corrected chi connectivity index (χ4v) is 2.17. The Hall–Kier alpha value is -1.02. The normalized spacial score (nSPS) is 11.5. The molecule has 0 amide bonds. The second-order valence-corrected chi connectivity index (χ2v) is 4.22. The molecule has 14 heavy (non-hydrogen) atoms. The van der Waals surface area contributed by atoms with Gasteiger partial charge in [0.05, 0.1) is 22.4 Å². The van der Waals surface area contributed by atoms with Crippen molar-refractivity contribution in [2.24, 2.45) is 7.05 Å². The number of nitrogens with zero attached hydrogens (tertiary/aromatic N) is 2. The number of imidazole rings is 1. The third-order valence-corrected chi connectivity index (χ3v) is 2.87. The first kappa shape index (κ1) is 9.53. The van der Waals surface area contributed by atoms with Crippen molar-refractivity contribution in [1.29, 1.82) is 0 Å². The van der Waals surface area contributed by atoms with Crippen LogP contribution in [-0.2, 0) is 7.05 Å². The fourth-order valence-electron chi connectivity index (χ4n) is 1.66. The second-order valence-electron chi connectivity index (χ2n) is 3.85. The zero-order valence-electron chi connectivity index (χ0n) is 8.58. The topological polar surface area (TPSA) is 17.8 Å². The second kappa shape index (κ2) is 3.28. The van der Waals surface area contributed by atoms with Crippen LogP contribution in [0.5, 0.6) is 0 Å². The summed E-state index contributed by atoms with van der Waals surface area (Å²) in [6.45, 7) is 4.28. The van der Waals surface area contributed by atoms with E-state index >= 15 is 0 Å². The van der Waals surface area contributed by atoms with Crippen molar-refractivity contribution in [1.82, 2.24) is 9.55 Å². The predicted octanol–water partition coefficient (Wildman–Crippen LogP) is 3.35. The van der Waals surface area contributed by atoms with E-state index in [2.05, 4.69) is 24.9 Å². The van der Waals surface area contributed by atoms with Gasteiger partial charge in [0.25, 0.3) is 0 Å². The predicted molar refractivity (Wildman–Crippen MR) is 59.8 cm³/mol. The summed E-state index contributed by atoms with van der Waals surface area (Å²) in [5.41, 5.74) is 3.17. The van der Waals surface area contributed by atoms with Gasteiger partial charge in [-0.05, 0) is 17.5 Å². The summed E-state index contributed by atoms with van der Waals surface area (Å²) in [6, 6.07) is 4.08. The number of halogens is 1. The zero-order valence-corrected chi connectivity index (χ0v) is 9.34. The standard InChI is InChI=1S/C11H13ClN2/c1-7(2)8-4-5-9-11(10(8)12)14(3)6-13-9/h4-7H,1-3H3. The van der Waals surface area contributed by atoms with E-state index in [4.69, 9.17) is 11.6 Å². The number of benzene rings is 1. The van der Waals surface area contributed by atoms with Gasteiger partial charge in [-0.1, -0.05) is 31.5 Å². The molecule has 0 aliphatic carbocycles. The molecule has 0 N–H and O–H groups in total. The zero-order chi connectivity index (χ0) is 10.3. The molecule has 0 bridgehead atoms. The number of rotatable bonds is 1. The molecule has 1 aromatic heterocycles. The van der Waals surface area contributed by atoms with E-state index in [1.807, 2.05) is 17.7 Å². The largest absolute Gasteiger partial charge is 0.332 e. The Balaban J connectivity index is 2.79. The van der Waals surface area contributed by atoms with Crippen LogP contribution in [0, 0.1) is 0 Å². The molecule has 0 saturated heterocycles. The maximum absolute atomic E-state index is 6.32. The van der Waals surface area contributed by atoms with Crippen LogP contribution in [0.3, 0.4) is 0 Å². The molecule has 1 aromatic carbocycles. The van der Waals surface area contributed by atoms with E-state index in [9.17, 15) is 0 Å². The summed E-state index contributed by atoms with van der Waals surface area (Å²) >= 11 is 6.32. The molecule has 0 atom stereocenters. The molecule has 0 fully saturated rings. The minimum absolute atomic E-state index is 0.446. The van der Waals surface area contributed by atoms with Crippen LogP contribution >= 0.6 is 11.6 Å². The van der Waals surface area contributed by atoms with Crippen LogP contribution in [0.15, 0.2) is 18.5 Å². The summed E-state index contributed by atoms with van der Waals surface area (Å²) in [6.07, 6.45) is 1.79. The van der Waals surface area contributed by atoms with Crippen molar-refractivity contribution in [3.05, 3.63) is 29.0 Å². The lowest BCUT2D eigenvalue weighted by Gasteiger charge is -2.09. The number of hydrogen-bond donors (Lipinski definition) is 0. The molecule has 0 saturated carbocycles. The van der Waals surface area contributed by atoms with Gasteiger partial charge in [-0.2, -0.15) is 0 Å². The van der Waals surface area contributed by atoms with Crippen molar-refractivity contribution in [2.75, 3.05) is 0 Å². The molecule has 0 radical (unpaired) electrons.